The third-order valence-corrected chi connectivity index (χ3v) is 2.50. The van der Waals surface area contributed by atoms with Crippen molar-refractivity contribution in [2.45, 2.75) is 19.9 Å². The summed E-state index contributed by atoms with van der Waals surface area (Å²) in [5, 5.41) is 0. The highest BCUT2D eigenvalue weighted by Crippen LogP contribution is 2.22. The summed E-state index contributed by atoms with van der Waals surface area (Å²) < 4.78 is 2.96. The molecule has 0 bridgehead atoms. The van der Waals surface area contributed by atoms with Gasteiger partial charge in [0.25, 0.3) is 0 Å². The van der Waals surface area contributed by atoms with Gasteiger partial charge in [-0.2, -0.15) is 0 Å². The predicted octanol–water partition coefficient (Wildman–Crippen LogP) is 2.77. The van der Waals surface area contributed by atoms with Crippen molar-refractivity contribution in [3.8, 4) is 0 Å². The van der Waals surface area contributed by atoms with E-state index in [1.165, 1.54) is 0 Å². The third kappa shape index (κ3) is 1.35. The molecule has 0 saturated carbocycles. The van der Waals surface area contributed by atoms with Crippen molar-refractivity contribution in [3.63, 3.8) is 0 Å². The fraction of sp³-hybridized carbons (Fsp3) is 0.333. The Balaban J connectivity index is 2.78. The van der Waals surface area contributed by atoms with Crippen molar-refractivity contribution in [3.05, 3.63) is 23.1 Å². The van der Waals surface area contributed by atoms with Crippen LogP contribution in [0.2, 0.25) is 0 Å². The zero-order chi connectivity index (χ0) is 9.42. The number of pyridine rings is 1. The fourth-order valence-electron chi connectivity index (χ4n) is 1.39. The molecular formula is C9H10BrN3. The van der Waals surface area contributed by atoms with Crippen LogP contribution in [0.3, 0.4) is 0 Å². The summed E-state index contributed by atoms with van der Waals surface area (Å²) in [6, 6.07) is 4.35. The summed E-state index contributed by atoms with van der Waals surface area (Å²) in [4.78, 5) is 8.49. The molecule has 2 heterocycles. The van der Waals surface area contributed by atoms with Gasteiger partial charge in [0.1, 0.15) is 0 Å². The number of halogens is 1. The summed E-state index contributed by atoms with van der Waals surface area (Å²) in [6.07, 6.45) is 1.76. The van der Waals surface area contributed by atoms with Crippen molar-refractivity contribution < 1.29 is 0 Å². The molecule has 13 heavy (non-hydrogen) atoms. The number of rotatable bonds is 1. The first-order chi connectivity index (χ1) is 6.20. The van der Waals surface area contributed by atoms with Gasteiger partial charge in [-0.05, 0) is 41.9 Å². The van der Waals surface area contributed by atoms with Crippen LogP contribution in [0.25, 0.3) is 11.2 Å². The van der Waals surface area contributed by atoms with Gasteiger partial charge in [0, 0.05) is 12.2 Å². The Morgan fingerprint density at radius 3 is 2.92 bits per heavy atom. The number of hydrogen-bond acceptors (Lipinski definition) is 2. The predicted molar refractivity (Wildman–Crippen MR) is 55.6 cm³/mol. The molecule has 0 spiro atoms. The van der Waals surface area contributed by atoms with Crippen LogP contribution in [0.1, 0.15) is 19.9 Å². The standard InChI is InChI=1S/C9H10BrN3/c1-6(2)13-7-4-3-5-11-8(7)12-9(13)10/h3-6H,1-2H3. The lowest BCUT2D eigenvalue weighted by atomic mass is 10.3. The van der Waals surface area contributed by atoms with Gasteiger partial charge in [-0.3, -0.25) is 0 Å². The lowest BCUT2D eigenvalue weighted by Crippen LogP contribution is -2.00. The van der Waals surface area contributed by atoms with Gasteiger partial charge >= 0.3 is 0 Å². The van der Waals surface area contributed by atoms with Gasteiger partial charge in [0.05, 0.1) is 5.52 Å². The molecule has 0 aromatic carbocycles. The minimum absolute atomic E-state index is 0.392. The fourth-order valence-corrected chi connectivity index (χ4v) is 2.16. The maximum atomic E-state index is 4.30. The molecule has 4 heteroatoms. The Bertz CT molecular complexity index is 433. The van der Waals surface area contributed by atoms with Crippen LogP contribution in [0.4, 0.5) is 0 Å². The maximum absolute atomic E-state index is 4.30. The van der Waals surface area contributed by atoms with Crippen molar-refractivity contribution in [1.29, 1.82) is 0 Å². The molecule has 2 aromatic heterocycles. The number of hydrogen-bond donors (Lipinski definition) is 0. The zero-order valence-corrected chi connectivity index (χ0v) is 9.12. The molecule has 0 aliphatic rings. The van der Waals surface area contributed by atoms with Gasteiger partial charge in [-0.25, -0.2) is 9.97 Å². The number of fused-ring (bicyclic) bond motifs is 1. The first-order valence-corrected chi connectivity index (χ1v) is 4.98. The molecular weight excluding hydrogens is 230 g/mol. The molecule has 0 N–H and O–H groups in total. The normalized spacial score (nSPS) is 11.4. The minimum Gasteiger partial charge on any atom is -0.315 e. The lowest BCUT2D eigenvalue weighted by Gasteiger charge is -2.08. The van der Waals surface area contributed by atoms with E-state index < -0.39 is 0 Å². The van der Waals surface area contributed by atoms with Gasteiger partial charge in [-0.15, -0.1) is 0 Å². The first kappa shape index (κ1) is 8.69. The Labute approximate surface area is 84.9 Å². The average Bonchev–Trinajstić information content (AvgIpc) is 2.39. The van der Waals surface area contributed by atoms with Crippen molar-refractivity contribution in [2.24, 2.45) is 0 Å². The smallest absolute Gasteiger partial charge is 0.180 e. The maximum Gasteiger partial charge on any atom is 0.180 e. The largest absolute Gasteiger partial charge is 0.315 e. The first-order valence-electron chi connectivity index (χ1n) is 4.18. The Kier molecular flexibility index (Phi) is 2.07. The Morgan fingerprint density at radius 1 is 1.46 bits per heavy atom. The van der Waals surface area contributed by atoms with Crippen LogP contribution in [-0.4, -0.2) is 14.5 Å². The second-order valence-electron chi connectivity index (χ2n) is 3.19. The summed E-state index contributed by atoms with van der Waals surface area (Å²) in [7, 11) is 0. The van der Waals surface area contributed by atoms with Gasteiger partial charge in [0.15, 0.2) is 10.4 Å². The average molecular weight is 240 g/mol. The highest BCUT2D eigenvalue weighted by Gasteiger charge is 2.10. The van der Waals surface area contributed by atoms with Gasteiger partial charge < -0.3 is 4.57 Å². The molecule has 68 valence electrons. The van der Waals surface area contributed by atoms with E-state index in [2.05, 4.69) is 44.3 Å². The van der Waals surface area contributed by atoms with E-state index in [9.17, 15) is 0 Å². The Morgan fingerprint density at radius 2 is 2.23 bits per heavy atom. The number of aromatic nitrogens is 3. The monoisotopic (exact) mass is 239 g/mol. The second kappa shape index (κ2) is 3.10. The molecule has 0 radical (unpaired) electrons. The van der Waals surface area contributed by atoms with E-state index in [0.29, 0.717) is 6.04 Å². The van der Waals surface area contributed by atoms with Gasteiger partial charge in [0.2, 0.25) is 0 Å². The van der Waals surface area contributed by atoms with E-state index in [1.807, 2.05) is 12.1 Å². The van der Waals surface area contributed by atoms with Crippen LogP contribution in [0.15, 0.2) is 23.1 Å². The molecule has 0 fully saturated rings. The SMILES string of the molecule is CC(C)n1c(Br)nc2ncccc21. The topological polar surface area (TPSA) is 30.7 Å². The highest BCUT2D eigenvalue weighted by molar-refractivity contribution is 9.10. The molecule has 0 aliphatic carbocycles. The van der Waals surface area contributed by atoms with Crippen molar-refractivity contribution >= 4 is 27.1 Å². The van der Waals surface area contributed by atoms with E-state index >= 15 is 0 Å². The summed E-state index contributed by atoms with van der Waals surface area (Å²) in [5.74, 6) is 0. The van der Waals surface area contributed by atoms with Crippen LogP contribution < -0.4 is 0 Å². The van der Waals surface area contributed by atoms with Crippen molar-refractivity contribution in [2.75, 3.05) is 0 Å². The molecule has 2 rings (SSSR count). The molecule has 0 amide bonds. The quantitative estimate of drug-likeness (QED) is 0.767. The van der Waals surface area contributed by atoms with Crippen LogP contribution in [0, 0.1) is 0 Å². The van der Waals surface area contributed by atoms with Crippen LogP contribution in [-0.2, 0) is 0 Å². The van der Waals surface area contributed by atoms with Crippen molar-refractivity contribution in [1.82, 2.24) is 14.5 Å². The second-order valence-corrected chi connectivity index (χ2v) is 3.90. The molecule has 0 saturated heterocycles. The summed E-state index contributed by atoms with van der Waals surface area (Å²) in [5.41, 5.74) is 1.87. The Hall–Kier alpha value is -0.900. The van der Waals surface area contributed by atoms with E-state index in [1.54, 1.807) is 6.20 Å². The molecule has 0 unspecified atom stereocenters. The molecule has 2 aromatic rings. The molecule has 0 aliphatic heterocycles. The van der Waals surface area contributed by atoms with Crippen LogP contribution in [0.5, 0.6) is 0 Å². The lowest BCUT2D eigenvalue weighted by molar-refractivity contribution is 0.604. The summed E-state index contributed by atoms with van der Waals surface area (Å²) in [6.45, 7) is 4.25. The molecule has 0 atom stereocenters. The van der Waals surface area contributed by atoms with E-state index in [0.717, 1.165) is 15.9 Å². The number of imidazole rings is 1. The van der Waals surface area contributed by atoms with Gasteiger partial charge in [-0.1, -0.05) is 0 Å². The molecule has 3 nitrogen and oxygen atoms in total. The minimum atomic E-state index is 0.392. The highest BCUT2D eigenvalue weighted by atomic mass is 79.9. The summed E-state index contributed by atoms with van der Waals surface area (Å²) >= 11 is 3.42. The van der Waals surface area contributed by atoms with Crippen LogP contribution >= 0.6 is 15.9 Å². The van der Waals surface area contributed by atoms with E-state index in [4.69, 9.17) is 0 Å². The third-order valence-electron chi connectivity index (χ3n) is 1.94. The van der Waals surface area contributed by atoms with E-state index in [-0.39, 0.29) is 0 Å². The zero-order valence-electron chi connectivity index (χ0n) is 7.53. The number of nitrogens with zero attached hydrogens (tertiary/aromatic N) is 3.